The molecule has 0 aliphatic carbocycles. The van der Waals surface area contributed by atoms with Crippen LogP contribution in [-0.4, -0.2) is 111 Å². The minimum absolute atomic E-state index is 0.182. The molecular formula is C46H56F2N8O3Si. The number of aromatic nitrogens is 6. The SMILES string of the molecule is CC(C)[Si](C#Cc1c(F)ccc2cc3[nH]ncc3c(-c3nccc4c5c(N6CCOC[C@@](C)(O)C6)nc(OC[C@@]67CCCN6C[C@H](F)C7)nc5n(C)c34)c12)(C(C)C)C(C)C. The van der Waals surface area contributed by atoms with E-state index in [4.69, 9.17) is 24.4 Å². The first-order valence-electron chi connectivity index (χ1n) is 21.5. The van der Waals surface area contributed by atoms with Crippen molar-refractivity contribution in [2.75, 3.05) is 50.9 Å². The number of β-amino-alcohol motifs (C(OH)–C–C–N with tert-alkyl or cyclic N) is 1. The molecule has 60 heavy (non-hydrogen) atoms. The maximum atomic E-state index is 16.5. The van der Waals surface area contributed by atoms with Crippen LogP contribution in [0.5, 0.6) is 6.01 Å². The predicted octanol–water partition coefficient (Wildman–Crippen LogP) is 8.46. The van der Waals surface area contributed by atoms with Gasteiger partial charge in [-0.2, -0.15) is 15.1 Å². The van der Waals surface area contributed by atoms with Gasteiger partial charge in [-0.25, -0.2) is 8.78 Å². The first-order chi connectivity index (χ1) is 28.6. The zero-order chi connectivity index (χ0) is 42.3. The topological polar surface area (TPSA) is 117 Å². The van der Waals surface area contributed by atoms with E-state index in [0.29, 0.717) is 70.8 Å². The Balaban J connectivity index is 1.30. The highest BCUT2D eigenvalue weighted by Crippen LogP contribution is 2.46. The number of hydrogen-bond acceptors (Lipinski definition) is 9. The van der Waals surface area contributed by atoms with Gasteiger partial charge in [0.05, 0.1) is 59.2 Å². The molecule has 14 heteroatoms. The van der Waals surface area contributed by atoms with Crippen LogP contribution >= 0.6 is 0 Å². The monoisotopic (exact) mass is 834 g/mol. The van der Waals surface area contributed by atoms with Gasteiger partial charge < -0.3 is 24.0 Å². The summed E-state index contributed by atoms with van der Waals surface area (Å²) in [6.45, 7) is 18.2. The minimum Gasteiger partial charge on any atom is -0.461 e. The zero-order valence-electron chi connectivity index (χ0n) is 36.0. The number of nitrogens with one attached hydrogen (secondary N) is 1. The van der Waals surface area contributed by atoms with E-state index >= 15 is 4.39 Å². The number of benzene rings is 2. The highest BCUT2D eigenvalue weighted by atomic mass is 28.3. The molecule has 9 rings (SSSR count). The molecule has 2 aromatic carbocycles. The molecule has 3 aliphatic rings. The fourth-order valence-corrected chi connectivity index (χ4v) is 16.4. The number of fused-ring (bicyclic) bond motifs is 6. The van der Waals surface area contributed by atoms with E-state index in [1.165, 1.54) is 6.07 Å². The van der Waals surface area contributed by atoms with Crippen LogP contribution in [0.25, 0.3) is 54.9 Å². The van der Waals surface area contributed by atoms with E-state index < -0.39 is 25.4 Å². The number of pyridine rings is 1. The zero-order valence-corrected chi connectivity index (χ0v) is 37.0. The number of nitrogens with zero attached hydrogens (tertiary/aromatic N) is 7. The third kappa shape index (κ3) is 6.55. The van der Waals surface area contributed by atoms with Crippen molar-refractivity contribution in [2.45, 2.75) is 102 Å². The van der Waals surface area contributed by atoms with Gasteiger partial charge in [-0.1, -0.05) is 53.5 Å². The summed E-state index contributed by atoms with van der Waals surface area (Å²) < 4.78 is 45.7. The number of aryl methyl sites for hydroxylation is 1. The number of anilines is 1. The minimum atomic E-state index is -2.25. The first kappa shape index (κ1) is 40.7. The van der Waals surface area contributed by atoms with E-state index in [1.807, 2.05) is 28.6 Å². The summed E-state index contributed by atoms with van der Waals surface area (Å²) in [5.41, 5.74) is 7.23. The molecule has 6 aromatic rings. The Morgan fingerprint density at radius 1 is 1.07 bits per heavy atom. The molecule has 0 unspecified atom stereocenters. The fraction of sp³-hybridized carbons (Fsp3) is 0.522. The summed E-state index contributed by atoms with van der Waals surface area (Å²) in [6.07, 6.45) is 4.93. The highest BCUT2D eigenvalue weighted by Gasteiger charge is 2.49. The Morgan fingerprint density at radius 3 is 2.62 bits per heavy atom. The average Bonchev–Trinajstić information content (AvgIpc) is 3.93. The largest absolute Gasteiger partial charge is 0.461 e. The smallest absolute Gasteiger partial charge is 0.320 e. The molecule has 3 fully saturated rings. The third-order valence-electron chi connectivity index (χ3n) is 13.9. The maximum absolute atomic E-state index is 16.5. The molecule has 0 saturated carbocycles. The van der Waals surface area contributed by atoms with E-state index in [-0.39, 0.29) is 31.6 Å². The molecule has 3 saturated heterocycles. The van der Waals surface area contributed by atoms with E-state index in [1.54, 1.807) is 25.4 Å². The quantitative estimate of drug-likeness (QED) is 0.115. The number of H-pyrrole nitrogens is 1. The van der Waals surface area contributed by atoms with Crippen molar-refractivity contribution in [3.63, 3.8) is 0 Å². The lowest BCUT2D eigenvalue weighted by atomic mass is 9.93. The van der Waals surface area contributed by atoms with E-state index in [0.717, 1.165) is 57.5 Å². The Hall–Kier alpha value is -4.68. The second-order valence-electron chi connectivity index (χ2n) is 18.7. The van der Waals surface area contributed by atoms with Crippen LogP contribution in [0.15, 0.2) is 36.7 Å². The van der Waals surface area contributed by atoms with E-state index in [9.17, 15) is 9.50 Å². The molecule has 4 aromatic heterocycles. The summed E-state index contributed by atoms with van der Waals surface area (Å²) in [5.74, 6) is 3.71. The molecular weight excluding hydrogens is 779 g/mol. The number of hydrogen-bond donors (Lipinski definition) is 2. The van der Waals surface area contributed by atoms with Crippen molar-refractivity contribution < 1.29 is 23.4 Å². The predicted molar refractivity (Wildman–Crippen MR) is 236 cm³/mol. The van der Waals surface area contributed by atoms with Crippen LogP contribution in [0.3, 0.4) is 0 Å². The molecule has 7 heterocycles. The average molecular weight is 835 g/mol. The molecule has 0 amide bonds. The lowest BCUT2D eigenvalue weighted by Crippen LogP contribution is -2.44. The van der Waals surface area contributed by atoms with Gasteiger partial charge in [0, 0.05) is 54.5 Å². The fourth-order valence-electron chi connectivity index (χ4n) is 11.2. The molecule has 316 valence electrons. The lowest BCUT2D eigenvalue weighted by Gasteiger charge is -2.38. The van der Waals surface area contributed by atoms with Crippen molar-refractivity contribution in [3.8, 4) is 28.7 Å². The van der Waals surface area contributed by atoms with Crippen LogP contribution in [0.1, 0.15) is 73.3 Å². The van der Waals surface area contributed by atoms with Crippen molar-refractivity contribution >= 4 is 57.5 Å². The van der Waals surface area contributed by atoms with Crippen LogP contribution in [0, 0.1) is 17.3 Å². The van der Waals surface area contributed by atoms with Gasteiger partial charge in [-0.3, -0.25) is 15.0 Å². The molecule has 11 nitrogen and oxygen atoms in total. The van der Waals surface area contributed by atoms with Crippen LogP contribution in [-0.2, 0) is 11.8 Å². The summed E-state index contributed by atoms with van der Waals surface area (Å²) in [7, 11) is -0.296. The Bertz CT molecular complexity index is 2680. The molecule has 0 radical (unpaired) electrons. The number of rotatable bonds is 8. The van der Waals surface area contributed by atoms with Crippen LogP contribution in [0.2, 0.25) is 16.6 Å². The van der Waals surface area contributed by atoms with E-state index in [2.05, 4.69) is 68.1 Å². The van der Waals surface area contributed by atoms with Crippen molar-refractivity contribution in [1.82, 2.24) is 34.6 Å². The standard InChI is InChI=1S/C46H56F2N8O3Si/c1-27(2)60(28(3)4,29(5)6)19-13-32-35(48)11-10-30-20-36-34(22-50-53-36)38(37(30)32)40-41-33(12-15-49-40)39-42(54(41)8)51-44(52-43(39)55-17-18-58-25-45(7,57)24-55)59-26-46-14-9-16-56(46)23-31(47)21-46/h10-12,15,20,22,27-29,31,57H,9,14,16-18,21,23-26H2,1-8H3,(H,50,53)/t31-,45+,46+/m1/s1. The third-order valence-corrected chi connectivity index (χ3v) is 20.1. The Labute approximate surface area is 350 Å². The normalized spacial score (nSPS) is 22.8. The number of aliphatic hydroxyl groups is 1. The van der Waals surface area contributed by atoms with Gasteiger partial charge in [-0.15, -0.1) is 5.54 Å². The molecule has 0 spiro atoms. The van der Waals surface area contributed by atoms with Gasteiger partial charge in [0.25, 0.3) is 0 Å². The molecule has 2 N–H and O–H groups in total. The number of alkyl halides is 1. The second kappa shape index (κ2) is 15.0. The maximum Gasteiger partial charge on any atom is 0.320 e. The van der Waals surface area contributed by atoms with Crippen LogP contribution < -0.4 is 9.64 Å². The molecule has 0 bridgehead atoms. The van der Waals surface area contributed by atoms with Gasteiger partial charge in [0.2, 0.25) is 0 Å². The second-order valence-corrected chi connectivity index (χ2v) is 24.3. The van der Waals surface area contributed by atoms with Crippen molar-refractivity contribution in [1.29, 1.82) is 0 Å². The Morgan fingerprint density at radius 2 is 1.85 bits per heavy atom. The van der Waals surface area contributed by atoms with Crippen molar-refractivity contribution in [3.05, 3.63) is 48.0 Å². The summed E-state index contributed by atoms with van der Waals surface area (Å²) in [5, 5.41) is 22.9. The lowest BCUT2D eigenvalue weighted by molar-refractivity contribution is -0.0123. The highest BCUT2D eigenvalue weighted by molar-refractivity contribution is 6.90. The van der Waals surface area contributed by atoms with Gasteiger partial charge >= 0.3 is 6.01 Å². The summed E-state index contributed by atoms with van der Waals surface area (Å²) >= 11 is 0. The first-order valence-corrected chi connectivity index (χ1v) is 23.7. The molecule has 3 atom stereocenters. The summed E-state index contributed by atoms with van der Waals surface area (Å²) in [6, 6.07) is 7.47. The number of halogens is 2. The van der Waals surface area contributed by atoms with Gasteiger partial charge in [0.1, 0.15) is 43.7 Å². The number of aromatic amines is 1. The van der Waals surface area contributed by atoms with Crippen molar-refractivity contribution in [2.24, 2.45) is 7.05 Å². The number of ether oxygens (including phenoxy) is 2. The summed E-state index contributed by atoms with van der Waals surface area (Å²) in [4.78, 5) is 19.5. The van der Waals surface area contributed by atoms with Gasteiger partial charge in [0.15, 0.2) is 0 Å². The van der Waals surface area contributed by atoms with Gasteiger partial charge in [-0.05, 0) is 66.5 Å². The molecule has 3 aliphatic heterocycles. The van der Waals surface area contributed by atoms with Crippen LogP contribution in [0.4, 0.5) is 14.6 Å². The Kier molecular flexibility index (Phi) is 10.2.